The van der Waals surface area contributed by atoms with E-state index in [9.17, 15) is 4.79 Å². The normalized spacial score (nSPS) is 11.6. The van der Waals surface area contributed by atoms with Crippen molar-refractivity contribution in [1.82, 2.24) is 20.0 Å². The molecule has 0 aliphatic rings. The van der Waals surface area contributed by atoms with Crippen LogP contribution in [-0.4, -0.2) is 25.9 Å². The minimum absolute atomic E-state index is 0.112. The average molecular weight is 389 g/mol. The lowest BCUT2D eigenvalue weighted by Crippen LogP contribution is -2.24. The van der Waals surface area contributed by atoms with Crippen LogP contribution >= 0.6 is 11.6 Å². The van der Waals surface area contributed by atoms with Gasteiger partial charge in [-0.15, -0.1) is 10.2 Å². The van der Waals surface area contributed by atoms with Gasteiger partial charge in [0, 0.05) is 10.6 Å². The number of aryl methyl sites for hydroxylation is 1. The number of benzene rings is 1. The largest absolute Gasteiger partial charge is 0.452 e. The predicted molar refractivity (Wildman–Crippen MR) is 101 cm³/mol. The first-order chi connectivity index (χ1) is 12.7. The topological polar surface area (TPSA) is 83.0 Å². The molecule has 7 nitrogen and oxygen atoms in total. The summed E-state index contributed by atoms with van der Waals surface area (Å²) in [7, 11) is 0. The van der Waals surface area contributed by atoms with E-state index in [0.717, 1.165) is 11.3 Å². The van der Waals surface area contributed by atoms with Gasteiger partial charge in [-0.1, -0.05) is 11.6 Å². The van der Waals surface area contributed by atoms with Crippen LogP contribution in [0.25, 0.3) is 11.5 Å². The molecule has 0 fully saturated rings. The third-order valence-corrected chi connectivity index (χ3v) is 4.27. The highest BCUT2D eigenvalue weighted by Crippen LogP contribution is 2.23. The molecule has 0 amide bonds. The van der Waals surface area contributed by atoms with Crippen molar-refractivity contribution in [2.24, 2.45) is 0 Å². The molecule has 0 unspecified atom stereocenters. The Morgan fingerprint density at radius 2 is 1.85 bits per heavy atom. The molecule has 3 rings (SSSR count). The first kappa shape index (κ1) is 19.1. The van der Waals surface area contributed by atoms with Crippen LogP contribution in [0.3, 0.4) is 0 Å². The van der Waals surface area contributed by atoms with Crippen LogP contribution in [0.1, 0.15) is 48.4 Å². The highest BCUT2D eigenvalue weighted by Gasteiger charge is 2.25. The Morgan fingerprint density at radius 3 is 2.44 bits per heavy atom. The predicted octanol–water partition coefficient (Wildman–Crippen LogP) is 4.32. The smallest absolute Gasteiger partial charge is 0.342 e. The van der Waals surface area contributed by atoms with Gasteiger partial charge in [0.25, 0.3) is 5.89 Å². The van der Waals surface area contributed by atoms with Gasteiger partial charge in [-0.2, -0.15) is 5.10 Å². The van der Waals surface area contributed by atoms with Gasteiger partial charge in [-0.25, -0.2) is 4.79 Å². The lowest BCUT2D eigenvalue weighted by molar-refractivity contribution is 0.0436. The van der Waals surface area contributed by atoms with Crippen LogP contribution in [0.15, 0.2) is 28.7 Å². The van der Waals surface area contributed by atoms with Gasteiger partial charge in [-0.3, -0.25) is 4.68 Å². The number of halogens is 1. The Bertz CT molecular complexity index is 968. The van der Waals surface area contributed by atoms with Crippen molar-refractivity contribution in [2.75, 3.05) is 0 Å². The van der Waals surface area contributed by atoms with Crippen molar-refractivity contribution in [3.05, 3.63) is 52.1 Å². The molecule has 0 saturated heterocycles. The lowest BCUT2D eigenvalue weighted by Gasteiger charge is -2.21. The summed E-state index contributed by atoms with van der Waals surface area (Å²) in [6.07, 6.45) is 0. The SMILES string of the molecule is Cc1nn(C(C)(C)C)c(C)c1C(=O)OCc1nnc(-c2ccc(Cl)cc2)o1. The molecule has 0 N–H and O–H groups in total. The molecule has 8 heteroatoms. The standard InChI is InChI=1S/C19H21ClN4O3/c1-11-16(12(2)24(23-11)19(3,4)5)18(25)26-10-15-21-22-17(27-15)13-6-8-14(20)9-7-13/h6-9H,10H2,1-5H3. The van der Waals surface area contributed by atoms with Gasteiger partial charge in [-0.05, 0) is 58.9 Å². The monoisotopic (exact) mass is 388 g/mol. The molecule has 3 aromatic rings. The first-order valence-corrected chi connectivity index (χ1v) is 8.87. The number of aromatic nitrogens is 4. The Hall–Kier alpha value is -2.67. The zero-order valence-corrected chi connectivity index (χ0v) is 16.7. The van der Waals surface area contributed by atoms with Crippen LogP contribution in [0.2, 0.25) is 5.02 Å². The van der Waals surface area contributed by atoms with Gasteiger partial charge in [0.15, 0.2) is 6.61 Å². The van der Waals surface area contributed by atoms with Gasteiger partial charge >= 0.3 is 5.97 Å². The van der Waals surface area contributed by atoms with E-state index >= 15 is 0 Å². The van der Waals surface area contributed by atoms with Crippen LogP contribution < -0.4 is 0 Å². The van der Waals surface area contributed by atoms with Crippen molar-refractivity contribution in [1.29, 1.82) is 0 Å². The van der Waals surface area contributed by atoms with Crippen molar-refractivity contribution in [3.8, 4) is 11.5 Å². The Labute approximate surface area is 162 Å². The molecule has 1 aromatic carbocycles. The van der Waals surface area contributed by atoms with E-state index in [1.54, 1.807) is 31.2 Å². The third-order valence-electron chi connectivity index (χ3n) is 4.02. The fourth-order valence-electron chi connectivity index (χ4n) is 2.81. The quantitative estimate of drug-likeness (QED) is 0.619. The molecule has 2 heterocycles. The van der Waals surface area contributed by atoms with Crippen LogP contribution in [0.4, 0.5) is 0 Å². The van der Waals surface area contributed by atoms with Gasteiger partial charge in [0.2, 0.25) is 5.89 Å². The number of rotatable bonds is 4. The van der Waals surface area contributed by atoms with Crippen LogP contribution in [-0.2, 0) is 16.9 Å². The van der Waals surface area contributed by atoms with Crippen molar-refractivity contribution in [2.45, 2.75) is 46.8 Å². The third kappa shape index (κ3) is 4.03. The molecule has 0 aliphatic heterocycles. The second-order valence-electron chi connectivity index (χ2n) is 7.21. The Balaban J connectivity index is 1.72. The minimum Gasteiger partial charge on any atom is -0.452 e. The highest BCUT2D eigenvalue weighted by atomic mass is 35.5. The van der Waals surface area contributed by atoms with Crippen molar-refractivity contribution < 1.29 is 13.9 Å². The molecular formula is C19H21ClN4O3. The second-order valence-corrected chi connectivity index (χ2v) is 7.65. The lowest BCUT2D eigenvalue weighted by atomic mass is 10.1. The van der Waals surface area contributed by atoms with Crippen LogP contribution in [0, 0.1) is 13.8 Å². The molecule has 27 heavy (non-hydrogen) atoms. The summed E-state index contributed by atoms with van der Waals surface area (Å²) in [5.41, 5.74) is 2.36. The van der Waals surface area contributed by atoms with Gasteiger partial charge in [0.1, 0.15) is 5.56 Å². The number of carbonyl (C=O) groups excluding carboxylic acids is 1. The molecule has 0 atom stereocenters. The summed E-state index contributed by atoms with van der Waals surface area (Å²) < 4.78 is 12.7. The summed E-state index contributed by atoms with van der Waals surface area (Å²) in [4.78, 5) is 12.5. The highest BCUT2D eigenvalue weighted by molar-refractivity contribution is 6.30. The van der Waals surface area contributed by atoms with E-state index in [1.165, 1.54) is 0 Å². The maximum atomic E-state index is 12.5. The Morgan fingerprint density at radius 1 is 1.19 bits per heavy atom. The first-order valence-electron chi connectivity index (χ1n) is 8.49. The summed E-state index contributed by atoms with van der Waals surface area (Å²) in [6.45, 7) is 9.61. The van der Waals surface area contributed by atoms with E-state index in [4.69, 9.17) is 20.8 Å². The number of hydrogen-bond acceptors (Lipinski definition) is 6. The zero-order valence-electron chi connectivity index (χ0n) is 15.9. The maximum Gasteiger partial charge on any atom is 0.342 e. The van der Waals surface area contributed by atoms with Gasteiger partial charge in [0.05, 0.1) is 16.9 Å². The average Bonchev–Trinajstić information content (AvgIpc) is 3.18. The minimum atomic E-state index is -0.466. The zero-order chi connectivity index (χ0) is 19.8. The summed E-state index contributed by atoms with van der Waals surface area (Å²) in [5, 5.41) is 13.0. The van der Waals surface area contributed by atoms with Crippen LogP contribution in [0.5, 0.6) is 0 Å². The molecule has 0 spiro atoms. The second kappa shape index (κ2) is 7.15. The summed E-state index contributed by atoms with van der Waals surface area (Å²) in [5.74, 6) is 0.0872. The molecule has 0 bridgehead atoms. The summed E-state index contributed by atoms with van der Waals surface area (Å²) >= 11 is 5.87. The van der Waals surface area contributed by atoms with E-state index in [1.807, 2.05) is 32.4 Å². The molecular weight excluding hydrogens is 368 g/mol. The number of ether oxygens (including phenoxy) is 1. The van der Waals surface area contributed by atoms with Crippen molar-refractivity contribution >= 4 is 17.6 Å². The van der Waals surface area contributed by atoms with E-state index in [0.29, 0.717) is 22.2 Å². The summed E-state index contributed by atoms with van der Waals surface area (Å²) in [6, 6.07) is 7.02. The van der Waals surface area contributed by atoms with Crippen molar-refractivity contribution in [3.63, 3.8) is 0 Å². The fourth-order valence-corrected chi connectivity index (χ4v) is 2.94. The Kier molecular flexibility index (Phi) is 5.06. The number of esters is 1. The molecule has 0 saturated carbocycles. The number of carbonyl (C=O) groups is 1. The van der Waals surface area contributed by atoms with E-state index in [-0.39, 0.29) is 18.0 Å². The van der Waals surface area contributed by atoms with E-state index < -0.39 is 5.97 Å². The number of nitrogens with zero attached hydrogens (tertiary/aromatic N) is 4. The molecule has 142 valence electrons. The van der Waals surface area contributed by atoms with E-state index in [2.05, 4.69) is 15.3 Å². The molecule has 0 aliphatic carbocycles. The fraction of sp³-hybridized carbons (Fsp3) is 0.368. The number of hydrogen-bond donors (Lipinski definition) is 0. The molecule has 2 aromatic heterocycles. The molecule has 0 radical (unpaired) electrons. The maximum absolute atomic E-state index is 12.5. The van der Waals surface area contributed by atoms with Gasteiger partial charge < -0.3 is 9.15 Å².